The fourth-order valence-electron chi connectivity index (χ4n) is 7.47. The first-order chi connectivity index (χ1) is 35.2. The van der Waals surface area contributed by atoms with Crippen molar-refractivity contribution in [3.8, 4) is 23.0 Å². The van der Waals surface area contributed by atoms with Gasteiger partial charge in [-0.2, -0.15) is 13.5 Å². The van der Waals surface area contributed by atoms with Crippen LogP contribution in [0, 0.1) is 0 Å². The molecule has 0 heterocycles. The molecule has 0 saturated carbocycles. The summed E-state index contributed by atoms with van der Waals surface area (Å²) in [4.78, 5) is 25.3. The monoisotopic (exact) mass is 1120 g/mol. The largest absolute Gasteiger partial charge is 2.00 e. The summed E-state index contributed by atoms with van der Waals surface area (Å²) in [6, 6.07) is 35.1. The maximum absolute atomic E-state index is 13.3. The molecule has 2 amide bonds. The molecule has 8 rings (SSSR count). The molecule has 380 valence electrons. The molecule has 0 spiro atoms. The summed E-state index contributed by atoms with van der Waals surface area (Å²) < 4.78 is 77.7. The average Bonchev–Trinajstić information content (AvgIpc) is 3.38. The zero-order valence-electron chi connectivity index (χ0n) is 40.2. The number of ether oxygens (including phenoxy) is 2. The molecular weight excluding hydrogens is 1080 g/mol. The zero-order valence-corrected chi connectivity index (χ0v) is 45.5. The van der Waals surface area contributed by atoms with E-state index in [4.69, 9.17) is 32.7 Å². The summed E-state index contributed by atoms with van der Waals surface area (Å²) in [6.45, 7) is 3.38. The number of amides is 2. The summed E-state index contributed by atoms with van der Waals surface area (Å²) in [5.41, 5.74) is 1.45. The third-order valence-corrected chi connectivity index (χ3v) is 13.7. The first-order valence-corrected chi connectivity index (χ1v) is 25.6. The van der Waals surface area contributed by atoms with E-state index in [9.17, 15) is 45.7 Å². The number of benzene rings is 8. The number of hydrogen-bond donors (Lipinski definition) is 4. The van der Waals surface area contributed by atoms with E-state index in [-0.39, 0.29) is 105 Å². The number of azo groups is 2. The molecule has 0 aliphatic rings. The Hall–Kier alpha value is -6.72. The van der Waals surface area contributed by atoms with E-state index in [2.05, 4.69) is 31.1 Å². The number of carbonyl (C=O) groups excluding carboxylic acids is 2. The normalized spacial score (nSPS) is 11.5. The van der Waals surface area contributed by atoms with E-state index in [0.29, 0.717) is 50.0 Å². The van der Waals surface area contributed by atoms with Crippen molar-refractivity contribution in [2.45, 2.75) is 36.5 Å². The van der Waals surface area contributed by atoms with E-state index < -0.39 is 48.4 Å². The second kappa shape index (κ2) is 24.7. The van der Waals surface area contributed by atoms with Gasteiger partial charge in [0.25, 0.3) is 21.9 Å². The number of carbonyl (C=O) groups is 2. The van der Waals surface area contributed by atoms with Gasteiger partial charge in [-0.3, -0.25) is 14.1 Å². The van der Waals surface area contributed by atoms with Crippen molar-refractivity contribution in [1.82, 2.24) is 0 Å². The van der Waals surface area contributed by atoms with Gasteiger partial charge in [0.15, 0.2) is 5.75 Å². The Morgan fingerprint density at radius 2 is 1.01 bits per heavy atom. The molecule has 0 radical (unpaired) electrons. The Labute approximate surface area is 470 Å². The van der Waals surface area contributed by atoms with Crippen molar-refractivity contribution >= 4 is 149 Å². The van der Waals surface area contributed by atoms with Crippen molar-refractivity contribution in [2.75, 3.05) is 24.9 Å². The minimum absolute atomic E-state index is 0. The number of rotatable bonds is 14. The summed E-state index contributed by atoms with van der Waals surface area (Å²) in [5.74, 6) is -0.998. The van der Waals surface area contributed by atoms with Crippen molar-refractivity contribution in [1.29, 1.82) is 0 Å². The number of aryl methyl sites for hydroxylation is 2. The minimum Gasteiger partial charge on any atom is -0.870 e. The fraction of sp³-hybridized carbons (Fsp3) is 0.115. The van der Waals surface area contributed by atoms with Gasteiger partial charge in [0.05, 0.1) is 45.3 Å². The topological polar surface area (TPSA) is 281 Å². The molecule has 0 aliphatic carbocycles. The number of aromatic hydroxyl groups is 1. The molecule has 0 unspecified atom stereocenters. The van der Waals surface area contributed by atoms with Crippen LogP contribution in [-0.4, -0.2) is 94.8 Å². The van der Waals surface area contributed by atoms with Gasteiger partial charge in [-0.1, -0.05) is 91.3 Å². The summed E-state index contributed by atoms with van der Waals surface area (Å²) in [6.07, 6.45) is 0.511. The third kappa shape index (κ3) is 13.6. The van der Waals surface area contributed by atoms with Gasteiger partial charge in [-0.15, -0.1) is 15.3 Å². The number of nitrogens with one attached hydrogen (secondary N) is 2. The van der Waals surface area contributed by atoms with Crippen molar-refractivity contribution < 1.29 is 55.2 Å². The Balaban J connectivity index is 0.000000241. The number of nitrogens with zero attached hydrogens (tertiary/aromatic N) is 4. The van der Waals surface area contributed by atoms with Crippen LogP contribution in [0.25, 0.3) is 21.5 Å². The number of anilines is 2. The van der Waals surface area contributed by atoms with Crippen molar-refractivity contribution in [3.05, 3.63) is 166 Å². The fourth-order valence-corrected chi connectivity index (χ4v) is 9.60. The summed E-state index contributed by atoms with van der Waals surface area (Å²) >= 11 is 12.4. The number of hydrogen-bond acceptors (Lipinski definition) is 15. The third-order valence-electron chi connectivity index (χ3n) is 11.2. The number of phenolic OH excluding ortho intramolecular Hbond substituents is 1. The van der Waals surface area contributed by atoms with E-state index in [0.717, 1.165) is 12.1 Å². The Kier molecular flexibility index (Phi) is 19.0. The maximum Gasteiger partial charge on any atom is 2.00 e. The molecule has 0 fully saturated rings. The number of phenols is 1. The van der Waals surface area contributed by atoms with E-state index >= 15 is 0 Å². The zero-order chi connectivity index (χ0) is 53.5. The van der Waals surface area contributed by atoms with Crippen molar-refractivity contribution in [3.63, 3.8) is 0 Å². The molecule has 0 aromatic heterocycles. The summed E-state index contributed by atoms with van der Waals surface area (Å²) in [7, 11) is -6.16. The SMILES string of the molecule is CCc1cc(N=Nc2c(O)c(C(=O)Nc3ccc(OC)cc3)cc3ccccc23)c(Cl)cc1S(=O)(=O)O.CCc1cc(N=Nc2c([O-])c(C(=O)Nc3ccc(OC)cc3)cc3ccccc23)c(Cl)cc1S(=O)(=O)[O-].[Ca+2]. The van der Waals surface area contributed by atoms with E-state index in [1.54, 1.807) is 117 Å². The predicted molar refractivity (Wildman–Crippen MR) is 284 cm³/mol. The molecule has 0 bridgehead atoms. The minimum atomic E-state index is -4.74. The molecule has 8 aromatic rings. The number of halogens is 2. The number of fused-ring (bicyclic) bond motifs is 2. The standard InChI is InChI=1S/2C26H22ClN3O6S.Ca/c2*1-3-15-13-22(21(27)14-23(15)37(33,34)35)29-30-24-19-7-5-4-6-16(19)12-20(25(24)31)26(32)28-17-8-10-18(36-2)11-9-17;/h2*4-14,31H,3H2,1-2H3,(H,28,32)(H,33,34,35);/q;;+2/p-2. The van der Waals surface area contributed by atoms with Crippen LogP contribution in [0.1, 0.15) is 45.7 Å². The second-order valence-corrected chi connectivity index (χ2v) is 19.4. The van der Waals surface area contributed by atoms with Gasteiger partial charge in [-0.25, -0.2) is 8.42 Å². The molecule has 4 N–H and O–H groups in total. The van der Waals surface area contributed by atoms with Gasteiger partial charge in [0.2, 0.25) is 0 Å². The smallest absolute Gasteiger partial charge is 0.870 e. The molecule has 0 atom stereocenters. The molecule has 8 aromatic carbocycles. The van der Waals surface area contributed by atoms with Crippen LogP contribution in [0.2, 0.25) is 10.0 Å². The number of methoxy groups -OCH3 is 2. The molecule has 18 nitrogen and oxygen atoms in total. The van der Waals surface area contributed by atoms with Gasteiger partial charge in [-0.05, 0) is 120 Å². The van der Waals surface area contributed by atoms with Crippen LogP contribution in [0.3, 0.4) is 0 Å². The predicted octanol–water partition coefficient (Wildman–Crippen LogP) is 12.0. The molecule has 75 heavy (non-hydrogen) atoms. The van der Waals surface area contributed by atoms with Crippen LogP contribution >= 0.6 is 23.2 Å². The molecule has 0 saturated heterocycles. The summed E-state index contributed by atoms with van der Waals surface area (Å²) in [5, 5.41) is 48.3. The van der Waals surface area contributed by atoms with Crippen LogP contribution < -0.4 is 25.2 Å². The van der Waals surface area contributed by atoms with Gasteiger partial charge < -0.3 is 34.9 Å². The van der Waals surface area contributed by atoms with Crippen LogP contribution in [0.4, 0.5) is 34.1 Å². The van der Waals surface area contributed by atoms with Gasteiger partial charge in [0, 0.05) is 27.7 Å². The molecular formula is C52H42CaCl2N6O12S2. The van der Waals surface area contributed by atoms with E-state index in [1.807, 2.05) is 0 Å². The van der Waals surface area contributed by atoms with Gasteiger partial charge in [0.1, 0.15) is 38.7 Å². The molecule has 0 aliphatic heterocycles. The van der Waals surface area contributed by atoms with Gasteiger partial charge >= 0.3 is 37.7 Å². The Morgan fingerprint density at radius 1 is 0.600 bits per heavy atom. The van der Waals surface area contributed by atoms with Crippen LogP contribution in [-0.2, 0) is 33.1 Å². The maximum atomic E-state index is 13.3. The Morgan fingerprint density at radius 3 is 1.47 bits per heavy atom. The van der Waals surface area contributed by atoms with Crippen LogP contribution in [0.15, 0.2) is 164 Å². The van der Waals surface area contributed by atoms with Crippen molar-refractivity contribution in [2.24, 2.45) is 20.5 Å². The first-order valence-electron chi connectivity index (χ1n) is 22.0. The second-order valence-electron chi connectivity index (χ2n) is 15.9. The Bertz CT molecular complexity index is 3530. The van der Waals surface area contributed by atoms with E-state index in [1.165, 1.54) is 32.4 Å². The molecule has 23 heteroatoms. The first kappa shape index (κ1) is 57.6. The quantitative estimate of drug-likeness (QED) is 0.0449. The van der Waals surface area contributed by atoms with Crippen LogP contribution in [0.5, 0.6) is 23.0 Å². The average molecular weight is 1120 g/mol.